The van der Waals surface area contributed by atoms with E-state index in [0.29, 0.717) is 12.8 Å². The van der Waals surface area contributed by atoms with Gasteiger partial charge in [-0.05, 0) is 31.9 Å². The highest BCUT2D eigenvalue weighted by atomic mass is 32.2. The van der Waals surface area contributed by atoms with Crippen LogP contribution in [-0.4, -0.2) is 36.5 Å². The lowest BCUT2D eigenvalue weighted by atomic mass is 9.97. The molecule has 106 valence electrons. The SMILES string of the molecule is CC1(O)CCCN(S(=O)(=O)c2c(F)cccc2F)C1. The summed E-state index contributed by atoms with van der Waals surface area (Å²) in [6.07, 6.45) is 0.904. The molecule has 0 aromatic heterocycles. The number of hydrogen-bond acceptors (Lipinski definition) is 3. The van der Waals surface area contributed by atoms with Crippen molar-refractivity contribution < 1.29 is 22.3 Å². The molecule has 4 nitrogen and oxygen atoms in total. The van der Waals surface area contributed by atoms with Crippen LogP contribution >= 0.6 is 0 Å². The van der Waals surface area contributed by atoms with Gasteiger partial charge in [-0.15, -0.1) is 0 Å². The first kappa shape index (κ1) is 14.4. The lowest BCUT2D eigenvalue weighted by molar-refractivity contribution is 0.00928. The average Bonchev–Trinajstić information content (AvgIpc) is 2.27. The van der Waals surface area contributed by atoms with Crippen LogP contribution in [0.3, 0.4) is 0 Å². The Morgan fingerprint density at radius 3 is 2.42 bits per heavy atom. The number of halogens is 2. The van der Waals surface area contributed by atoms with E-state index in [1.807, 2.05) is 0 Å². The number of benzene rings is 1. The molecule has 1 aliphatic heterocycles. The molecule has 1 saturated heterocycles. The Kier molecular flexibility index (Phi) is 3.63. The van der Waals surface area contributed by atoms with E-state index in [1.165, 1.54) is 6.92 Å². The third kappa shape index (κ3) is 2.77. The lowest BCUT2D eigenvalue weighted by Gasteiger charge is -2.35. The second kappa shape index (κ2) is 4.81. The topological polar surface area (TPSA) is 57.6 Å². The molecule has 0 radical (unpaired) electrons. The molecule has 1 atom stereocenters. The standard InChI is InChI=1S/C12H15F2NO3S/c1-12(16)6-3-7-15(8-12)19(17,18)11-9(13)4-2-5-10(11)14/h2,4-5,16H,3,6-8H2,1H3. The van der Waals surface area contributed by atoms with Crippen LogP contribution in [-0.2, 0) is 10.0 Å². The van der Waals surface area contributed by atoms with Gasteiger partial charge in [0.05, 0.1) is 5.60 Å². The molecular weight excluding hydrogens is 276 g/mol. The molecule has 0 aliphatic carbocycles. The van der Waals surface area contributed by atoms with E-state index in [4.69, 9.17) is 0 Å². The summed E-state index contributed by atoms with van der Waals surface area (Å²) in [5.41, 5.74) is -1.17. The maximum absolute atomic E-state index is 13.6. The second-order valence-corrected chi connectivity index (χ2v) is 6.86. The second-order valence-electron chi connectivity index (χ2n) is 4.99. The first-order valence-electron chi connectivity index (χ1n) is 5.91. The van der Waals surface area contributed by atoms with Gasteiger partial charge < -0.3 is 5.11 Å². The van der Waals surface area contributed by atoms with Gasteiger partial charge in [0.25, 0.3) is 0 Å². The lowest BCUT2D eigenvalue weighted by Crippen LogP contribution is -2.48. The summed E-state index contributed by atoms with van der Waals surface area (Å²) in [5.74, 6) is -2.24. The predicted molar refractivity (Wildman–Crippen MR) is 65.0 cm³/mol. The molecule has 1 fully saturated rings. The number of rotatable bonds is 2. The van der Waals surface area contributed by atoms with Gasteiger partial charge in [-0.2, -0.15) is 4.31 Å². The van der Waals surface area contributed by atoms with Crippen LogP contribution in [0.1, 0.15) is 19.8 Å². The number of sulfonamides is 1. The van der Waals surface area contributed by atoms with Crippen molar-refractivity contribution in [3.8, 4) is 0 Å². The summed E-state index contributed by atoms with van der Waals surface area (Å²) in [6.45, 7) is 1.49. The van der Waals surface area contributed by atoms with Gasteiger partial charge in [-0.3, -0.25) is 0 Å². The number of nitrogens with zero attached hydrogens (tertiary/aromatic N) is 1. The van der Waals surface area contributed by atoms with Gasteiger partial charge in [0.15, 0.2) is 4.90 Å². The first-order chi connectivity index (χ1) is 8.74. The van der Waals surface area contributed by atoms with Crippen molar-refractivity contribution in [3.63, 3.8) is 0 Å². The molecule has 1 aliphatic rings. The van der Waals surface area contributed by atoms with Gasteiger partial charge in [0.2, 0.25) is 10.0 Å². The molecule has 1 heterocycles. The zero-order valence-electron chi connectivity index (χ0n) is 10.4. The molecule has 1 aromatic rings. The fourth-order valence-corrected chi connectivity index (χ4v) is 3.94. The minimum absolute atomic E-state index is 0.145. The van der Waals surface area contributed by atoms with Crippen LogP contribution in [0.25, 0.3) is 0 Å². The minimum Gasteiger partial charge on any atom is -0.389 e. The summed E-state index contributed by atoms with van der Waals surface area (Å²) in [6, 6.07) is 2.91. The van der Waals surface area contributed by atoms with E-state index >= 15 is 0 Å². The molecule has 0 spiro atoms. The molecule has 0 bridgehead atoms. The summed E-state index contributed by atoms with van der Waals surface area (Å²) in [4.78, 5) is -0.951. The molecule has 2 rings (SSSR count). The average molecular weight is 291 g/mol. The highest BCUT2D eigenvalue weighted by Crippen LogP contribution is 2.28. The van der Waals surface area contributed by atoms with Crippen molar-refractivity contribution >= 4 is 10.0 Å². The summed E-state index contributed by atoms with van der Waals surface area (Å²) < 4.78 is 52.6. The van der Waals surface area contributed by atoms with Crippen molar-refractivity contribution in [1.29, 1.82) is 0 Å². The predicted octanol–water partition coefficient (Wildman–Crippen LogP) is 1.50. The minimum atomic E-state index is -4.27. The highest BCUT2D eigenvalue weighted by Gasteiger charge is 2.38. The quantitative estimate of drug-likeness (QED) is 0.898. The Hall–Kier alpha value is -1.05. The van der Waals surface area contributed by atoms with Crippen LogP contribution in [0.5, 0.6) is 0 Å². The summed E-state index contributed by atoms with van der Waals surface area (Å²) in [7, 11) is -4.27. The van der Waals surface area contributed by atoms with Gasteiger partial charge in [-0.1, -0.05) is 6.07 Å². The van der Waals surface area contributed by atoms with E-state index < -0.39 is 32.2 Å². The fourth-order valence-electron chi connectivity index (χ4n) is 2.24. The number of β-amino-alcohol motifs (C(OH)–C–C–N with tert-alkyl or cyclic N) is 1. The van der Waals surface area contributed by atoms with Crippen molar-refractivity contribution in [2.75, 3.05) is 13.1 Å². The number of hydrogen-bond donors (Lipinski definition) is 1. The molecule has 0 saturated carbocycles. The molecule has 1 aromatic carbocycles. The Morgan fingerprint density at radius 1 is 1.32 bits per heavy atom. The zero-order valence-corrected chi connectivity index (χ0v) is 11.3. The largest absolute Gasteiger partial charge is 0.389 e. The monoisotopic (exact) mass is 291 g/mol. The Morgan fingerprint density at radius 2 is 1.89 bits per heavy atom. The van der Waals surface area contributed by atoms with Crippen LogP contribution in [0.2, 0.25) is 0 Å². The Bertz CT molecular complexity index is 566. The van der Waals surface area contributed by atoms with E-state index in [9.17, 15) is 22.3 Å². The summed E-state index contributed by atoms with van der Waals surface area (Å²) >= 11 is 0. The Balaban J connectivity index is 2.43. The fraction of sp³-hybridized carbons (Fsp3) is 0.500. The molecule has 7 heteroatoms. The van der Waals surface area contributed by atoms with Crippen molar-refractivity contribution in [2.24, 2.45) is 0 Å². The van der Waals surface area contributed by atoms with Crippen LogP contribution in [0.4, 0.5) is 8.78 Å². The van der Waals surface area contributed by atoms with Crippen molar-refractivity contribution in [3.05, 3.63) is 29.8 Å². The highest BCUT2D eigenvalue weighted by molar-refractivity contribution is 7.89. The smallest absolute Gasteiger partial charge is 0.249 e. The number of piperidine rings is 1. The van der Waals surface area contributed by atoms with Crippen molar-refractivity contribution in [2.45, 2.75) is 30.3 Å². The number of aliphatic hydroxyl groups is 1. The van der Waals surface area contributed by atoms with E-state index in [0.717, 1.165) is 22.5 Å². The normalized spacial score (nSPS) is 25.5. The first-order valence-corrected chi connectivity index (χ1v) is 7.35. The van der Waals surface area contributed by atoms with Crippen molar-refractivity contribution in [1.82, 2.24) is 4.31 Å². The maximum atomic E-state index is 13.6. The van der Waals surface area contributed by atoms with E-state index in [1.54, 1.807) is 0 Å². The van der Waals surface area contributed by atoms with E-state index in [2.05, 4.69) is 0 Å². The van der Waals surface area contributed by atoms with Gasteiger partial charge in [-0.25, -0.2) is 17.2 Å². The van der Waals surface area contributed by atoms with Crippen LogP contribution in [0.15, 0.2) is 23.1 Å². The van der Waals surface area contributed by atoms with E-state index in [-0.39, 0.29) is 13.1 Å². The molecular formula is C12H15F2NO3S. The van der Waals surface area contributed by atoms with Gasteiger partial charge in [0, 0.05) is 13.1 Å². The molecule has 0 amide bonds. The molecule has 19 heavy (non-hydrogen) atoms. The van der Waals surface area contributed by atoms with Gasteiger partial charge >= 0.3 is 0 Å². The Labute approximate surface area is 110 Å². The zero-order chi connectivity index (χ0) is 14.3. The summed E-state index contributed by atoms with van der Waals surface area (Å²) in [5, 5.41) is 9.90. The molecule has 1 unspecified atom stereocenters. The van der Waals surface area contributed by atoms with Crippen LogP contribution in [0, 0.1) is 11.6 Å². The molecule has 1 N–H and O–H groups in total. The van der Waals surface area contributed by atoms with Crippen LogP contribution < -0.4 is 0 Å². The maximum Gasteiger partial charge on any atom is 0.249 e. The third-order valence-corrected chi connectivity index (χ3v) is 5.05. The van der Waals surface area contributed by atoms with Gasteiger partial charge in [0.1, 0.15) is 11.6 Å². The third-order valence-electron chi connectivity index (χ3n) is 3.16.